The van der Waals surface area contributed by atoms with E-state index >= 15 is 0 Å². The molecule has 0 saturated carbocycles. The van der Waals surface area contributed by atoms with Crippen LogP contribution in [-0.2, 0) is 6.54 Å². The van der Waals surface area contributed by atoms with Gasteiger partial charge in [0.2, 0.25) is 5.95 Å². The highest BCUT2D eigenvalue weighted by molar-refractivity contribution is 5.98. The molecular formula is C23H26F2N8O2. The lowest BCUT2D eigenvalue weighted by molar-refractivity contribution is 0.262. The van der Waals surface area contributed by atoms with Crippen LogP contribution in [-0.4, -0.2) is 35.0 Å². The second kappa shape index (κ2) is 11.7. The number of benzene rings is 2. The SMILES string of the molecule is Cc1cc(NC(=O)Nc2ncc(-c3ccc(CNCCCN=C(N)N)cc3)c(=O)[nH]2)c(F)cc1F. The predicted octanol–water partition coefficient (Wildman–Crippen LogP) is 2.42. The molecule has 0 bridgehead atoms. The number of urea groups is 1. The molecule has 3 aromatic rings. The number of H-pyrrole nitrogens is 1. The molecule has 12 heteroatoms. The van der Waals surface area contributed by atoms with Gasteiger partial charge in [0, 0.05) is 25.4 Å². The van der Waals surface area contributed by atoms with E-state index < -0.39 is 23.2 Å². The first-order valence-electron chi connectivity index (χ1n) is 10.7. The van der Waals surface area contributed by atoms with E-state index in [1.54, 1.807) is 12.1 Å². The second-order valence-electron chi connectivity index (χ2n) is 7.67. The average Bonchev–Trinajstić information content (AvgIpc) is 2.80. The van der Waals surface area contributed by atoms with Crippen LogP contribution in [0.25, 0.3) is 11.1 Å². The van der Waals surface area contributed by atoms with Gasteiger partial charge in [-0.05, 0) is 42.6 Å². The number of carbonyl (C=O) groups is 1. The lowest BCUT2D eigenvalue weighted by Gasteiger charge is -2.10. The summed E-state index contributed by atoms with van der Waals surface area (Å²) in [4.78, 5) is 35.1. The van der Waals surface area contributed by atoms with Crippen LogP contribution in [0, 0.1) is 18.6 Å². The number of hydrogen-bond donors (Lipinski definition) is 6. The first-order chi connectivity index (χ1) is 16.7. The molecule has 1 aromatic heterocycles. The van der Waals surface area contributed by atoms with E-state index in [9.17, 15) is 18.4 Å². The molecule has 0 fully saturated rings. The maximum atomic E-state index is 13.8. The topological polar surface area (TPSA) is 163 Å². The van der Waals surface area contributed by atoms with Crippen molar-refractivity contribution in [1.82, 2.24) is 15.3 Å². The molecule has 2 aromatic carbocycles. The van der Waals surface area contributed by atoms with Crippen molar-refractivity contribution in [1.29, 1.82) is 0 Å². The molecule has 0 radical (unpaired) electrons. The Kier molecular flexibility index (Phi) is 8.46. The highest BCUT2D eigenvalue weighted by Crippen LogP contribution is 2.19. The fourth-order valence-corrected chi connectivity index (χ4v) is 3.13. The Balaban J connectivity index is 1.57. The molecule has 184 valence electrons. The Labute approximate surface area is 199 Å². The van der Waals surface area contributed by atoms with E-state index in [2.05, 4.69) is 30.9 Å². The number of nitrogens with zero attached hydrogens (tertiary/aromatic N) is 2. The van der Waals surface area contributed by atoms with Gasteiger partial charge in [0.25, 0.3) is 5.56 Å². The summed E-state index contributed by atoms with van der Waals surface area (Å²) in [5.41, 5.74) is 12.0. The monoisotopic (exact) mass is 484 g/mol. The van der Waals surface area contributed by atoms with E-state index in [-0.39, 0.29) is 23.2 Å². The largest absolute Gasteiger partial charge is 0.370 e. The molecule has 8 N–H and O–H groups in total. The zero-order valence-corrected chi connectivity index (χ0v) is 19.0. The fraction of sp³-hybridized carbons (Fsp3) is 0.217. The van der Waals surface area contributed by atoms with Gasteiger partial charge in [0.1, 0.15) is 11.6 Å². The second-order valence-corrected chi connectivity index (χ2v) is 7.67. The van der Waals surface area contributed by atoms with E-state index in [4.69, 9.17) is 11.5 Å². The van der Waals surface area contributed by atoms with Gasteiger partial charge in [-0.15, -0.1) is 0 Å². The minimum absolute atomic E-state index is 0.0765. The summed E-state index contributed by atoms with van der Waals surface area (Å²) < 4.78 is 27.2. The normalized spacial score (nSPS) is 10.6. The van der Waals surface area contributed by atoms with Gasteiger partial charge in [-0.1, -0.05) is 24.3 Å². The number of aromatic amines is 1. The third-order valence-corrected chi connectivity index (χ3v) is 4.93. The van der Waals surface area contributed by atoms with Crippen LogP contribution in [0.1, 0.15) is 17.5 Å². The number of aromatic nitrogens is 2. The number of aliphatic imine (C=N–C) groups is 1. The molecule has 0 aliphatic heterocycles. The Morgan fingerprint density at radius 1 is 1.11 bits per heavy atom. The smallest absolute Gasteiger partial charge is 0.326 e. The molecule has 0 atom stereocenters. The van der Waals surface area contributed by atoms with Gasteiger partial charge in [-0.25, -0.2) is 18.6 Å². The highest BCUT2D eigenvalue weighted by atomic mass is 19.1. The van der Waals surface area contributed by atoms with Crippen LogP contribution in [0.3, 0.4) is 0 Å². The predicted molar refractivity (Wildman–Crippen MR) is 131 cm³/mol. The number of halogens is 2. The summed E-state index contributed by atoms with van der Waals surface area (Å²) >= 11 is 0. The average molecular weight is 485 g/mol. The first-order valence-corrected chi connectivity index (χ1v) is 10.7. The van der Waals surface area contributed by atoms with Crippen molar-refractivity contribution in [2.24, 2.45) is 16.5 Å². The molecule has 0 aliphatic carbocycles. The summed E-state index contributed by atoms with van der Waals surface area (Å²) in [5, 5.41) is 7.85. The van der Waals surface area contributed by atoms with E-state index in [1.165, 1.54) is 13.1 Å². The molecular weight excluding hydrogens is 458 g/mol. The maximum Gasteiger partial charge on any atom is 0.326 e. The molecule has 0 unspecified atom stereocenters. The van der Waals surface area contributed by atoms with Crippen molar-refractivity contribution < 1.29 is 13.6 Å². The zero-order valence-electron chi connectivity index (χ0n) is 19.0. The van der Waals surface area contributed by atoms with Crippen molar-refractivity contribution in [2.45, 2.75) is 19.9 Å². The van der Waals surface area contributed by atoms with E-state index in [0.717, 1.165) is 24.6 Å². The molecule has 35 heavy (non-hydrogen) atoms. The van der Waals surface area contributed by atoms with Gasteiger partial charge in [0.05, 0.1) is 11.3 Å². The Morgan fingerprint density at radius 3 is 2.54 bits per heavy atom. The van der Waals surface area contributed by atoms with Crippen molar-refractivity contribution in [3.63, 3.8) is 0 Å². The number of rotatable bonds is 9. The maximum absolute atomic E-state index is 13.8. The number of amides is 2. The van der Waals surface area contributed by atoms with Crippen molar-refractivity contribution in [2.75, 3.05) is 23.7 Å². The lowest BCUT2D eigenvalue weighted by Crippen LogP contribution is -2.24. The number of anilines is 2. The van der Waals surface area contributed by atoms with Crippen LogP contribution in [0.4, 0.5) is 25.2 Å². The third kappa shape index (κ3) is 7.33. The van der Waals surface area contributed by atoms with Crippen LogP contribution in [0.15, 0.2) is 52.4 Å². The summed E-state index contributed by atoms with van der Waals surface area (Å²) in [7, 11) is 0. The van der Waals surface area contributed by atoms with E-state index in [1.807, 2.05) is 12.1 Å². The zero-order chi connectivity index (χ0) is 25.4. The van der Waals surface area contributed by atoms with E-state index in [0.29, 0.717) is 30.3 Å². The summed E-state index contributed by atoms with van der Waals surface area (Å²) in [6.45, 7) is 3.38. The Bertz CT molecular complexity index is 1270. The van der Waals surface area contributed by atoms with Gasteiger partial charge in [-0.2, -0.15) is 0 Å². The van der Waals surface area contributed by atoms with Gasteiger partial charge >= 0.3 is 6.03 Å². The molecule has 0 spiro atoms. The first kappa shape index (κ1) is 25.3. The Hall–Kier alpha value is -4.32. The van der Waals surface area contributed by atoms with Crippen molar-refractivity contribution in [3.8, 4) is 11.1 Å². The van der Waals surface area contributed by atoms with Crippen molar-refractivity contribution in [3.05, 3.63) is 75.7 Å². The molecule has 1 heterocycles. The fourth-order valence-electron chi connectivity index (χ4n) is 3.13. The molecule has 2 amide bonds. The standard InChI is InChI=1S/C23H26F2N8O2/c1-13-9-19(18(25)10-17(13)24)31-23(35)33-22-30-12-16(20(34)32-22)15-5-3-14(4-6-15)11-28-7-2-8-29-21(26)27/h3-6,9-10,12,28H,2,7-8,11H2,1H3,(H4,26,27,29)(H3,30,31,32,33,34,35). The number of aryl methyl sites for hydroxylation is 1. The lowest BCUT2D eigenvalue weighted by atomic mass is 10.1. The van der Waals surface area contributed by atoms with Gasteiger partial charge < -0.3 is 22.1 Å². The number of hydrogen-bond acceptors (Lipinski definition) is 5. The minimum Gasteiger partial charge on any atom is -0.370 e. The van der Waals surface area contributed by atoms with Crippen LogP contribution >= 0.6 is 0 Å². The van der Waals surface area contributed by atoms with Gasteiger partial charge in [-0.3, -0.25) is 20.1 Å². The number of nitrogens with one attached hydrogen (secondary N) is 4. The van der Waals surface area contributed by atoms with Crippen LogP contribution in [0.5, 0.6) is 0 Å². The quantitative estimate of drug-likeness (QED) is 0.155. The highest BCUT2D eigenvalue weighted by Gasteiger charge is 2.12. The molecule has 10 nitrogen and oxygen atoms in total. The summed E-state index contributed by atoms with van der Waals surface area (Å²) in [6, 6.07) is 8.35. The number of guanidine groups is 1. The number of carbonyl (C=O) groups excluding carboxylic acids is 1. The number of nitrogens with two attached hydrogens (primary N) is 2. The van der Waals surface area contributed by atoms with Crippen molar-refractivity contribution >= 4 is 23.6 Å². The van der Waals surface area contributed by atoms with Crippen LogP contribution < -0.4 is 33.0 Å². The van der Waals surface area contributed by atoms with Crippen LogP contribution in [0.2, 0.25) is 0 Å². The summed E-state index contributed by atoms with van der Waals surface area (Å²) in [6.07, 6.45) is 2.13. The molecule has 0 saturated heterocycles. The Morgan fingerprint density at radius 2 is 1.86 bits per heavy atom. The summed E-state index contributed by atoms with van der Waals surface area (Å²) in [5.74, 6) is -1.70. The third-order valence-electron chi connectivity index (χ3n) is 4.93. The molecule has 0 aliphatic rings. The molecule has 3 rings (SSSR count). The minimum atomic E-state index is -0.926. The van der Waals surface area contributed by atoms with Gasteiger partial charge in [0.15, 0.2) is 5.96 Å².